The molecule has 2 rings (SSSR count). The van der Waals surface area contributed by atoms with Crippen LogP contribution in [0.25, 0.3) is 0 Å². The van der Waals surface area contributed by atoms with Gasteiger partial charge in [0, 0.05) is 6.42 Å². The highest BCUT2D eigenvalue weighted by Crippen LogP contribution is 2.41. The monoisotopic (exact) mass is 239 g/mol. The molecule has 0 fully saturated rings. The number of halogens is 1. The van der Waals surface area contributed by atoms with Crippen molar-refractivity contribution in [3.8, 4) is 5.75 Å². The molecular weight excluding hydrogens is 222 g/mol. The molecule has 1 atom stereocenters. The van der Waals surface area contributed by atoms with Gasteiger partial charge in [0.1, 0.15) is 11.4 Å². The van der Waals surface area contributed by atoms with Crippen molar-refractivity contribution >= 4 is 11.6 Å². The Morgan fingerprint density at radius 1 is 1.50 bits per heavy atom. The highest BCUT2D eigenvalue weighted by molar-refractivity contribution is 6.32. The van der Waals surface area contributed by atoms with Crippen LogP contribution in [0.1, 0.15) is 37.8 Å². The minimum Gasteiger partial charge on any atom is -0.486 e. The van der Waals surface area contributed by atoms with E-state index in [9.17, 15) is 0 Å². The number of benzene rings is 1. The Balaban J connectivity index is 2.42. The maximum Gasteiger partial charge on any atom is 0.142 e. The summed E-state index contributed by atoms with van der Waals surface area (Å²) in [6, 6.07) is 4.15. The molecule has 16 heavy (non-hydrogen) atoms. The molecule has 0 saturated heterocycles. The Bertz CT molecular complexity index is 415. The first-order valence-electron chi connectivity index (χ1n) is 5.64. The first-order chi connectivity index (χ1) is 7.43. The zero-order chi connectivity index (χ0) is 11.9. The molecule has 0 amide bonds. The molecular formula is C13H18ClNO. The second-order valence-corrected chi connectivity index (χ2v) is 5.57. The smallest absolute Gasteiger partial charge is 0.142 e. The SMILES string of the molecule is CC(CN)c1cc(Cl)c2c(c1)CC(C)(C)O2. The van der Waals surface area contributed by atoms with Crippen molar-refractivity contribution in [2.24, 2.45) is 5.73 Å². The van der Waals surface area contributed by atoms with Gasteiger partial charge in [0.2, 0.25) is 0 Å². The molecule has 88 valence electrons. The van der Waals surface area contributed by atoms with Gasteiger partial charge in [0.25, 0.3) is 0 Å². The third-order valence-corrected chi connectivity index (χ3v) is 3.34. The highest BCUT2D eigenvalue weighted by Gasteiger charge is 2.32. The van der Waals surface area contributed by atoms with Crippen molar-refractivity contribution < 1.29 is 4.74 Å². The van der Waals surface area contributed by atoms with Crippen LogP contribution in [-0.4, -0.2) is 12.1 Å². The number of ether oxygens (including phenoxy) is 1. The number of hydrogen-bond acceptors (Lipinski definition) is 2. The molecule has 2 nitrogen and oxygen atoms in total. The van der Waals surface area contributed by atoms with E-state index >= 15 is 0 Å². The number of nitrogens with two attached hydrogens (primary N) is 1. The van der Waals surface area contributed by atoms with Crippen LogP contribution in [0.15, 0.2) is 12.1 Å². The molecule has 0 aromatic heterocycles. The average Bonchev–Trinajstić information content (AvgIpc) is 2.52. The summed E-state index contributed by atoms with van der Waals surface area (Å²) in [7, 11) is 0. The molecule has 0 bridgehead atoms. The van der Waals surface area contributed by atoms with Crippen LogP contribution in [0.3, 0.4) is 0 Å². The van der Waals surface area contributed by atoms with E-state index in [4.69, 9.17) is 22.1 Å². The van der Waals surface area contributed by atoms with Gasteiger partial charge in [0.15, 0.2) is 0 Å². The summed E-state index contributed by atoms with van der Waals surface area (Å²) < 4.78 is 5.83. The van der Waals surface area contributed by atoms with Gasteiger partial charge in [0.05, 0.1) is 5.02 Å². The Morgan fingerprint density at radius 3 is 2.81 bits per heavy atom. The number of fused-ring (bicyclic) bond motifs is 1. The van der Waals surface area contributed by atoms with E-state index in [0.717, 1.165) is 12.2 Å². The van der Waals surface area contributed by atoms with Crippen molar-refractivity contribution in [2.45, 2.75) is 38.7 Å². The first-order valence-corrected chi connectivity index (χ1v) is 6.02. The Morgan fingerprint density at radius 2 is 2.19 bits per heavy atom. The molecule has 2 N–H and O–H groups in total. The first kappa shape index (κ1) is 11.7. The topological polar surface area (TPSA) is 35.2 Å². The fourth-order valence-electron chi connectivity index (χ4n) is 2.11. The van der Waals surface area contributed by atoms with E-state index < -0.39 is 0 Å². The molecule has 1 heterocycles. The summed E-state index contributed by atoms with van der Waals surface area (Å²) >= 11 is 6.24. The Labute approximate surface area is 102 Å². The lowest BCUT2D eigenvalue weighted by atomic mass is 9.95. The quantitative estimate of drug-likeness (QED) is 0.861. The van der Waals surface area contributed by atoms with E-state index in [0.29, 0.717) is 17.5 Å². The van der Waals surface area contributed by atoms with Gasteiger partial charge in [-0.25, -0.2) is 0 Å². The lowest BCUT2D eigenvalue weighted by Crippen LogP contribution is -2.24. The van der Waals surface area contributed by atoms with Gasteiger partial charge in [-0.15, -0.1) is 0 Å². The van der Waals surface area contributed by atoms with Crippen LogP contribution >= 0.6 is 11.6 Å². The van der Waals surface area contributed by atoms with Gasteiger partial charge in [-0.2, -0.15) is 0 Å². The molecule has 0 radical (unpaired) electrons. The maximum absolute atomic E-state index is 6.24. The zero-order valence-electron chi connectivity index (χ0n) is 10.0. The van der Waals surface area contributed by atoms with Crippen molar-refractivity contribution in [1.29, 1.82) is 0 Å². The largest absolute Gasteiger partial charge is 0.486 e. The maximum atomic E-state index is 6.24. The van der Waals surface area contributed by atoms with Crippen molar-refractivity contribution in [3.63, 3.8) is 0 Å². The van der Waals surface area contributed by atoms with Crippen LogP contribution in [0.4, 0.5) is 0 Å². The predicted octanol–water partition coefficient (Wildman–Crippen LogP) is 3.12. The fraction of sp³-hybridized carbons (Fsp3) is 0.538. The number of rotatable bonds is 2. The third kappa shape index (κ3) is 2.04. The zero-order valence-corrected chi connectivity index (χ0v) is 10.8. The van der Waals surface area contributed by atoms with E-state index in [-0.39, 0.29) is 5.60 Å². The van der Waals surface area contributed by atoms with Crippen LogP contribution in [0, 0.1) is 0 Å². The van der Waals surface area contributed by atoms with E-state index in [2.05, 4.69) is 26.8 Å². The molecule has 3 heteroatoms. The molecule has 1 aromatic rings. The van der Waals surface area contributed by atoms with E-state index in [1.165, 1.54) is 11.1 Å². The molecule has 0 aliphatic carbocycles. The Kier molecular flexibility index (Phi) is 2.89. The molecule has 1 aliphatic rings. The lowest BCUT2D eigenvalue weighted by molar-refractivity contribution is 0.138. The summed E-state index contributed by atoms with van der Waals surface area (Å²) in [5, 5.41) is 0.707. The molecule has 1 aliphatic heterocycles. The van der Waals surface area contributed by atoms with Gasteiger partial charge in [-0.1, -0.05) is 24.6 Å². The van der Waals surface area contributed by atoms with Gasteiger partial charge in [-0.05, 0) is 43.5 Å². The van der Waals surface area contributed by atoms with Gasteiger partial charge in [-0.3, -0.25) is 0 Å². The fourth-order valence-corrected chi connectivity index (χ4v) is 2.40. The normalized spacial score (nSPS) is 19.1. The molecule has 1 unspecified atom stereocenters. The molecule has 0 saturated carbocycles. The summed E-state index contributed by atoms with van der Waals surface area (Å²) in [5.74, 6) is 1.19. The average molecular weight is 240 g/mol. The second-order valence-electron chi connectivity index (χ2n) is 5.17. The predicted molar refractivity (Wildman–Crippen MR) is 67.3 cm³/mol. The Hall–Kier alpha value is -0.730. The van der Waals surface area contributed by atoms with E-state index in [1.54, 1.807) is 0 Å². The van der Waals surface area contributed by atoms with Crippen LogP contribution < -0.4 is 10.5 Å². The van der Waals surface area contributed by atoms with Crippen LogP contribution in [0.2, 0.25) is 5.02 Å². The summed E-state index contributed by atoms with van der Waals surface area (Å²) in [6.45, 7) is 6.91. The van der Waals surface area contributed by atoms with Crippen LogP contribution in [-0.2, 0) is 6.42 Å². The summed E-state index contributed by atoms with van der Waals surface area (Å²) in [6.07, 6.45) is 0.910. The summed E-state index contributed by atoms with van der Waals surface area (Å²) in [4.78, 5) is 0. The van der Waals surface area contributed by atoms with Crippen molar-refractivity contribution in [1.82, 2.24) is 0 Å². The highest BCUT2D eigenvalue weighted by atomic mass is 35.5. The van der Waals surface area contributed by atoms with Gasteiger partial charge < -0.3 is 10.5 Å². The van der Waals surface area contributed by atoms with Crippen molar-refractivity contribution in [3.05, 3.63) is 28.3 Å². The second kappa shape index (κ2) is 3.94. The third-order valence-electron chi connectivity index (χ3n) is 3.06. The standard InChI is InChI=1S/C13H18ClNO/c1-8(7-15)9-4-10-6-13(2,3)16-12(10)11(14)5-9/h4-5,8H,6-7,15H2,1-3H3. The van der Waals surface area contributed by atoms with Crippen molar-refractivity contribution in [2.75, 3.05) is 6.54 Å². The minimum absolute atomic E-state index is 0.142. The lowest BCUT2D eigenvalue weighted by Gasteiger charge is -2.17. The van der Waals surface area contributed by atoms with Gasteiger partial charge >= 0.3 is 0 Å². The van der Waals surface area contributed by atoms with E-state index in [1.807, 2.05) is 6.07 Å². The number of hydrogen-bond donors (Lipinski definition) is 1. The molecule has 0 spiro atoms. The summed E-state index contributed by atoms with van der Waals surface area (Å²) in [5.41, 5.74) is 7.94. The van der Waals surface area contributed by atoms with Crippen LogP contribution in [0.5, 0.6) is 5.75 Å². The molecule has 1 aromatic carbocycles. The minimum atomic E-state index is -0.142.